The monoisotopic (exact) mass is 346 g/mol. The van der Waals surface area contributed by atoms with Crippen LogP contribution in [-0.2, 0) is 0 Å². The maximum atomic E-state index is 13.3. The molecule has 3 aromatic rings. The third kappa shape index (κ3) is 3.23. The van der Waals surface area contributed by atoms with Gasteiger partial charge in [-0.3, -0.25) is 0 Å². The van der Waals surface area contributed by atoms with Crippen molar-refractivity contribution in [3.8, 4) is 5.88 Å². The van der Waals surface area contributed by atoms with Crippen LogP contribution in [0.3, 0.4) is 0 Å². The quantitative estimate of drug-likeness (QED) is 0.762. The van der Waals surface area contributed by atoms with Crippen molar-refractivity contribution < 1.29 is 9.13 Å². The van der Waals surface area contributed by atoms with Crippen molar-refractivity contribution in [3.63, 3.8) is 0 Å². The average molecular weight is 347 g/mol. The third-order valence-electron chi connectivity index (χ3n) is 3.67. The van der Waals surface area contributed by atoms with Crippen molar-refractivity contribution >= 4 is 28.3 Å². The summed E-state index contributed by atoms with van der Waals surface area (Å²) in [7, 11) is 1.56. The molecule has 1 N–H and O–H groups in total. The number of nitrogens with one attached hydrogen (secondary N) is 1. The number of rotatable bonds is 4. The molecule has 0 aliphatic carbocycles. The number of methoxy groups -OCH3 is 1. The Morgan fingerprint density at radius 3 is 2.75 bits per heavy atom. The highest BCUT2D eigenvalue weighted by molar-refractivity contribution is 6.30. The minimum atomic E-state index is -0.438. The van der Waals surface area contributed by atoms with Gasteiger partial charge in [0.2, 0.25) is 5.88 Å². The van der Waals surface area contributed by atoms with Gasteiger partial charge in [0.25, 0.3) is 0 Å². The lowest BCUT2D eigenvalue weighted by Gasteiger charge is -2.17. The Morgan fingerprint density at radius 2 is 2.04 bits per heavy atom. The summed E-state index contributed by atoms with van der Waals surface area (Å²) in [6.45, 7) is 3.76. The molecule has 0 saturated heterocycles. The fourth-order valence-corrected chi connectivity index (χ4v) is 2.61. The highest BCUT2D eigenvalue weighted by Gasteiger charge is 2.13. The van der Waals surface area contributed by atoms with Gasteiger partial charge in [-0.15, -0.1) is 0 Å². The summed E-state index contributed by atoms with van der Waals surface area (Å²) in [5.41, 5.74) is 1.57. The van der Waals surface area contributed by atoms with E-state index in [1.165, 1.54) is 6.07 Å². The Balaban J connectivity index is 2.00. The summed E-state index contributed by atoms with van der Waals surface area (Å²) in [5, 5.41) is 4.22. The van der Waals surface area contributed by atoms with Crippen molar-refractivity contribution in [2.24, 2.45) is 0 Å². The van der Waals surface area contributed by atoms with Gasteiger partial charge in [-0.1, -0.05) is 17.7 Å². The molecule has 0 fully saturated rings. The molecule has 0 spiro atoms. The van der Waals surface area contributed by atoms with E-state index in [4.69, 9.17) is 16.3 Å². The minimum Gasteiger partial charge on any atom is -0.481 e. The first kappa shape index (κ1) is 16.4. The van der Waals surface area contributed by atoms with E-state index >= 15 is 0 Å². The minimum absolute atomic E-state index is 0.0933. The van der Waals surface area contributed by atoms with Crippen LogP contribution in [0.4, 0.5) is 10.2 Å². The summed E-state index contributed by atoms with van der Waals surface area (Å²) in [4.78, 5) is 13.0. The van der Waals surface area contributed by atoms with Crippen LogP contribution in [0.5, 0.6) is 5.88 Å². The first-order chi connectivity index (χ1) is 11.5. The van der Waals surface area contributed by atoms with Gasteiger partial charge in [0.05, 0.1) is 29.9 Å². The van der Waals surface area contributed by atoms with E-state index in [9.17, 15) is 4.39 Å². The van der Waals surface area contributed by atoms with Crippen molar-refractivity contribution in [1.82, 2.24) is 15.0 Å². The number of pyridine rings is 1. The highest BCUT2D eigenvalue weighted by Crippen LogP contribution is 2.28. The summed E-state index contributed by atoms with van der Waals surface area (Å²) in [6.07, 6.45) is 1.65. The van der Waals surface area contributed by atoms with Gasteiger partial charge in [0.1, 0.15) is 17.5 Å². The molecule has 1 atom stereocenters. The number of aryl methyl sites for hydroxylation is 1. The molecule has 0 saturated carbocycles. The predicted octanol–water partition coefficient (Wildman–Crippen LogP) is 4.31. The molecular weight excluding hydrogens is 331 g/mol. The summed E-state index contributed by atoms with van der Waals surface area (Å²) in [5.74, 6) is 1.33. The highest BCUT2D eigenvalue weighted by atomic mass is 35.5. The number of fused-ring (bicyclic) bond motifs is 1. The van der Waals surface area contributed by atoms with Crippen LogP contribution in [0.25, 0.3) is 10.9 Å². The number of ether oxygens (including phenoxy) is 1. The molecular formula is C17H16ClFN4O. The molecule has 0 radical (unpaired) electrons. The number of anilines is 1. The molecule has 0 aliphatic rings. The second kappa shape index (κ2) is 6.57. The molecule has 0 amide bonds. The van der Waals surface area contributed by atoms with E-state index < -0.39 is 5.82 Å². The molecule has 1 aromatic carbocycles. The average Bonchev–Trinajstić information content (AvgIpc) is 2.56. The van der Waals surface area contributed by atoms with Crippen LogP contribution in [0.15, 0.2) is 30.5 Å². The zero-order valence-corrected chi connectivity index (χ0v) is 14.2. The van der Waals surface area contributed by atoms with Crippen LogP contribution >= 0.6 is 11.6 Å². The lowest BCUT2D eigenvalue weighted by atomic mass is 10.1. The first-order valence-corrected chi connectivity index (χ1v) is 7.75. The fourth-order valence-electron chi connectivity index (χ4n) is 2.42. The molecule has 124 valence electrons. The Hall–Kier alpha value is -2.47. The number of hydrogen-bond donors (Lipinski definition) is 1. The Kier molecular flexibility index (Phi) is 4.49. The Morgan fingerprint density at radius 1 is 1.25 bits per heavy atom. The number of hydrogen-bond acceptors (Lipinski definition) is 5. The molecule has 0 bridgehead atoms. The van der Waals surface area contributed by atoms with Crippen molar-refractivity contribution in [2.45, 2.75) is 19.9 Å². The van der Waals surface area contributed by atoms with Gasteiger partial charge in [-0.05, 0) is 31.5 Å². The van der Waals surface area contributed by atoms with E-state index in [0.717, 1.165) is 16.5 Å². The molecule has 2 aromatic heterocycles. The smallest absolute Gasteiger partial charge is 0.213 e. The zero-order valence-electron chi connectivity index (χ0n) is 13.5. The lowest BCUT2D eigenvalue weighted by Crippen LogP contribution is -2.10. The number of nitrogens with zero attached hydrogens (tertiary/aromatic N) is 3. The molecule has 0 unspecified atom stereocenters. The van der Waals surface area contributed by atoms with Gasteiger partial charge < -0.3 is 10.1 Å². The maximum absolute atomic E-state index is 13.3. The number of halogens is 2. The standard InChI is InChI=1S/C17H16ClFN4O/c1-9(11-4-5-14(19)13(18)6-11)21-17-12-7-16(24-3)20-8-15(12)22-10(2)23-17/h4-9H,1-3H3,(H,21,22,23)/t9-/m1/s1. The van der Waals surface area contributed by atoms with Gasteiger partial charge in [-0.25, -0.2) is 19.3 Å². The van der Waals surface area contributed by atoms with Crippen molar-refractivity contribution in [1.29, 1.82) is 0 Å². The second-order valence-corrected chi connectivity index (χ2v) is 5.81. The van der Waals surface area contributed by atoms with Crippen LogP contribution in [0.1, 0.15) is 24.4 Å². The van der Waals surface area contributed by atoms with Crippen molar-refractivity contribution in [2.75, 3.05) is 12.4 Å². The number of benzene rings is 1. The van der Waals surface area contributed by atoms with Gasteiger partial charge in [0.15, 0.2) is 0 Å². The molecule has 24 heavy (non-hydrogen) atoms. The van der Waals surface area contributed by atoms with E-state index in [1.54, 1.807) is 31.5 Å². The molecule has 5 nitrogen and oxygen atoms in total. The van der Waals surface area contributed by atoms with E-state index in [0.29, 0.717) is 17.5 Å². The largest absolute Gasteiger partial charge is 0.481 e. The summed E-state index contributed by atoms with van der Waals surface area (Å²) < 4.78 is 18.5. The predicted molar refractivity (Wildman–Crippen MR) is 92.1 cm³/mol. The van der Waals surface area contributed by atoms with Crippen LogP contribution < -0.4 is 10.1 Å². The normalized spacial score (nSPS) is 12.2. The second-order valence-electron chi connectivity index (χ2n) is 5.40. The molecule has 7 heteroatoms. The van der Waals surface area contributed by atoms with Crippen molar-refractivity contribution in [3.05, 3.63) is 52.7 Å². The Bertz CT molecular complexity index is 903. The maximum Gasteiger partial charge on any atom is 0.213 e. The summed E-state index contributed by atoms with van der Waals surface area (Å²) in [6, 6.07) is 6.30. The third-order valence-corrected chi connectivity index (χ3v) is 3.96. The molecule has 0 aliphatic heterocycles. The molecule has 2 heterocycles. The van der Waals surface area contributed by atoms with Gasteiger partial charge in [-0.2, -0.15) is 0 Å². The fraction of sp³-hybridized carbons (Fsp3) is 0.235. The SMILES string of the molecule is COc1cc2c(N[C@H](C)c3ccc(F)c(Cl)c3)nc(C)nc2cn1. The van der Waals surface area contributed by atoms with Gasteiger partial charge >= 0.3 is 0 Å². The molecule has 3 rings (SSSR count). The number of aromatic nitrogens is 3. The van der Waals surface area contributed by atoms with E-state index in [2.05, 4.69) is 20.3 Å². The van der Waals surface area contributed by atoms with E-state index in [1.807, 2.05) is 13.8 Å². The first-order valence-electron chi connectivity index (χ1n) is 7.38. The zero-order chi connectivity index (χ0) is 17.3. The van der Waals surface area contributed by atoms with Crippen LogP contribution in [-0.4, -0.2) is 22.1 Å². The summed E-state index contributed by atoms with van der Waals surface area (Å²) >= 11 is 5.87. The topological polar surface area (TPSA) is 59.9 Å². The van der Waals surface area contributed by atoms with Crippen LogP contribution in [0.2, 0.25) is 5.02 Å². The van der Waals surface area contributed by atoms with Crippen LogP contribution in [0, 0.1) is 12.7 Å². The van der Waals surface area contributed by atoms with E-state index in [-0.39, 0.29) is 11.1 Å². The van der Waals surface area contributed by atoms with Gasteiger partial charge in [0, 0.05) is 11.5 Å². The Labute approximate surface area is 143 Å². The lowest BCUT2D eigenvalue weighted by molar-refractivity contribution is 0.398.